The van der Waals surface area contributed by atoms with Crippen LogP contribution in [0.5, 0.6) is 0 Å². The Labute approximate surface area is 160 Å². The largest absolute Gasteiger partial charge is 0.453 e. The summed E-state index contributed by atoms with van der Waals surface area (Å²) in [4.78, 5) is 40.7. The normalized spacial score (nSPS) is 12.2. The maximum Gasteiger partial charge on any atom is 0.413 e. The van der Waals surface area contributed by atoms with Crippen molar-refractivity contribution in [1.29, 1.82) is 0 Å². The van der Waals surface area contributed by atoms with Crippen LogP contribution in [-0.4, -0.2) is 33.9 Å². The molecule has 2 amide bonds. The van der Waals surface area contributed by atoms with Gasteiger partial charge in [0, 0.05) is 11.6 Å². The molecule has 0 aliphatic carbocycles. The molecule has 2 aromatic rings. The summed E-state index contributed by atoms with van der Waals surface area (Å²) in [5.41, 5.74) is 0.289. The predicted octanol–water partition coefficient (Wildman–Crippen LogP) is 3.07. The highest BCUT2D eigenvalue weighted by atomic mass is 35.5. The Morgan fingerprint density at radius 3 is 2.65 bits per heavy atom. The van der Waals surface area contributed by atoms with Gasteiger partial charge >= 0.3 is 6.09 Å². The number of carbonyl (C=O) groups excluding carboxylic acids is 2. The number of ether oxygens (including phenoxy) is 1. The van der Waals surface area contributed by atoms with Gasteiger partial charge in [0.05, 0.1) is 23.3 Å². The zero-order chi connectivity index (χ0) is 19.4. The van der Waals surface area contributed by atoms with Crippen LogP contribution in [0, 0.1) is 5.92 Å². The number of alkyl carbamates (subject to hydrolysis) is 1. The first-order chi connectivity index (χ1) is 12.2. The molecule has 1 aromatic heterocycles. The number of thioether (sulfide) groups is 1. The fraction of sp³-hybridized carbons (Fsp3) is 0.412. The van der Waals surface area contributed by atoms with Crippen LogP contribution < -0.4 is 10.9 Å². The number of benzene rings is 1. The molecule has 26 heavy (non-hydrogen) atoms. The highest BCUT2D eigenvalue weighted by Gasteiger charge is 2.21. The third-order valence-corrected chi connectivity index (χ3v) is 4.82. The van der Waals surface area contributed by atoms with E-state index in [4.69, 9.17) is 11.6 Å². The molecule has 0 aliphatic heterocycles. The second-order valence-electron chi connectivity index (χ2n) is 6.11. The molecule has 0 radical (unpaired) electrons. The third kappa shape index (κ3) is 4.76. The van der Waals surface area contributed by atoms with Crippen LogP contribution >= 0.6 is 23.4 Å². The Balaban J connectivity index is 2.44. The topological polar surface area (TPSA) is 90.3 Å². The zero-order valence-corrected chi connectivity index (χ0v) is 16.5. The van der Waals surface area contributed by atoms with Crippen molar-refractivity contribution in [2.75, 3.05) is 7.11 Å². The van der Waals surface area contributed by atoms with Gasteiger partial charge in [-0.15, -0.1) is 0 Å². The third-order valence-electron chi connectivity index (χ3n) is 3.49. The van der Waals surface area contributed by atoms with Crippen molar-refractivity contribution in [2.45, 2.75) is 37.7 Å². The molecule has 1 atom stereocenters. The van der Waals surface area contributed by atoms with Crippen molar-refractivity contribution in [2.24, 2.45) is 5.92 Å². The van der Waals surface area contributed by atoms with Crippen LogP contribution in [0.2, 0.25) is 5.02 Å². The molecule has 2 rings (SSSR count). The van der Waals surface area contributed by atoms with Gasteiger partial charge in [-0.2, -0.15) is 0 Å². The van der Waals surface area contributed by atoms with Gasteiger partial charge in [-0.05, 0) is 31.0 Å². The fourth-order valence-electron chi connectivity index (χ4n) is 2.25. The minimum absolute atomic E-state index is 0.199. The van der Waals surface area contributed by atoms with Crippen LogP contribution in [0.3, 0.4) is 0 Å². The molecule has 0 aliphatic rings. The van der Waals surface area contributed by atoms with Crippen LogP contribution in [0.4, 0.5) is 4.79 Å². The minimum atomic E-state index is -0.830. The molecular formula is C17H20ClN3O4S. The predicted molar refractivity (Wildman–Crippen MR) is 102 cm³/mol. The molecule has 0 bridgehead atoms. The molecule has 1 aromatic carbocycles. The Hall–Kier alpha value is -2.06. The van der Waals surface area contributed by atoms with Crippen molar-refractivity contribution >= 4 is 46.3 Å². The van der Waals surface area contributed by atoms with E-state index < -0.39 is 17.3 Å². The first kappa shape index (κ1) is 20.3. The Kier molecular flexibility index (Phi) is 6.66. The SMILES string of the molecule is COC(=O)NC(=O)[C@@H](C)Sc1nc2ccc(Cl)cc2c(=O)n1CC(C)C. The maximum absolute atomic E-state index is 12.9. The first-order valence-corrected chi connectivity index (χ1v) is 9.24. The van der Waals surface area contributed by atoms with Crippen molar-refractivity contribution in [3.8, 4) is 0 Å². The van der Waals surface area contributed by atoms with E-state index in [0.29, 0.717) is 27.6 Å². The molecule has 0 saturated carbocycles. The lowest BCUT2D eigenvalue weighted by atomic mass is 10.2. The van der Waals surface area contributed by atoms with Crippen LogP contribution in [0.15, 0.2) is 28.2 Å². The summed E-state index contributed by atoms with van der Waals surface area (Å²) in [6.45, 7) is 6.04. The first-order valence-electron chi connectivity index (χ1n) is 7.98. The summed E-state index contributed by atoms with van der Waals surface area (Å²) in [5.74, 6) is -0.326. The number of nitrogens with zero attached hydrogens (tertiary/aromatic N) is 2. The fourth-order valence-corrected chi connectivity index (χ4v) is 3.34. The summed E-state index contributed by atoms with van der Waals surface area (Å²) >= 11 is 7.10. The number of hydrogen-bond acceptors (Lipinski definition) is 6. The monoisotopic (exact) mass is 397 g/mol. The van der Waals surface area contributed by atoms with Crippen molar-refractivity contribution in [3.63, 3.8) is 0 Å². The summed E-state index contributed by atoms with van der Waals surface area (Å²) in [6, 6.07) is 4.91. The van der Waals surface area contributed by atoms with Gasteiger partial charge in [0.15, 0.2) is 5.16 Å². The van der Waals surface area contributed by atoms with E-state index >= 15 is 0 Å². The number of hydrogen-bond donors (Lipinski definition) is 1. The highest BCUT2D eigenvalue weighted by molar-refractivity contribution is 8.00. The molecule has 0 fully saturated rings. The van der Waals surface area contributed by atoms with E-state index in [9.17, 15) is 14.4 Å². The standard InChI is InChI=1S/C17H20ClN3O4S/c1-9(2)8-21-15(23)12-7-11(18)5-6-13(12)19-16(21)26-10(3)14(22)20-17(24)25-4/h5-7,9-10H,8H2,1-4H3,(H,20,22,24)/t10-/m1/s1. The maximum atomic E-state index is 12.9. The van der Waals surface area contributed by atoms with Crippen LogP contribution in [-0.2, 0) is 16.1 Å². The number of fused-ring (bicyclic) bond motifs is 1. The lowest BCUT2D eigenvalue weighted by Crippen LogP contribution is -2.36. The number of halogens is 1. The quantitative estimate of drug-likeness (QED) is 0.616. The summed E-state index contributed by atoms with van der Waals surface area (Å²) in [6.07, 6.45) is -0.830. The van der Waals surface area contributed by atoms with E-state index in [1.54, 1.807) is 25.1 Å². The Morgan fingerprint density at radius 2 is 2.04 bits per heavy atom. The van der Waals surface area contributed by atoms with Crippen molar-refractivity contribution in [3.05, 3.63) is 33.6 Å². The summed E-state index contributed by atoms with van der Waals surface area (Å²) < 4.78 is 5.96. The van der Waals surface area contributed by atoms with Gasteiger partial charge in [0.1, 0.15) is 0 Å². The summed E-state index contributed by atoms with van der Waals surface area (Å²) in [5, 5.41) is 2.76. The second-order valence-corrected chi connectivity index (χ2v) is 7.85. The smallest absolute Gasteiger partial charge is 0.413 e. The molecule has 9 heteroatoms. The number of methoxy groups -OCH3 is 1. The number of carbonyl (C=O) groups is 2. The lowest BCUT2D eigenvalue weighted by Gasteiger charge is -2.17. The minimum Gasteiger partial charge on any atom is -0.453 e. The van der Waals surface area contributed by atoms with E-state index in [1.165, 1.54) is 11.7 Å². The Bertz CT molecular complexity index is 897. The molecule has 0 unspecified atom stereocenters. The van der Waals surface area contributed by atoms with Gasteiger partial charge in [-0.25, -0.2) is 9.78 Å². The average Bonchev–Trinajstić information content (AvgIpc) is 2.58. The Morgan fingerprint density at radius 1 is 1.35 bits per heavy atom. The van der Waals surface area contributed by atoms with Gasteiger partial charge in [-0.3, -0.25) is 19.5 Å². The van der Waals surface area contributed by atoms with Gasteiger partial charge in [-0.1, -0.05) is 37.2 Å². The highest BCUT2D eigenvalue weighted by Crippen LogP contribution is 2.24. The van der Waals surface area contributed by atoms with Crippen LogP contribution in [0.1, 0.15) is 20.8 Å². The molecule has 1 heterocycles. The summed E-state index contributed by atoms with van der Waals surface area (Å²) in [7, 11) is 1.18. The van der Waals surface area contributed by atoms with Crippen molar-refractivity contribution in [1.82, 2.24) is 14.9 Å². The second kappa shape index (κ2) is 8.55. The lowest BCUT2D eigenvalue weighted by molar-refractivity contribution is -0.119. The van der Waals surface area contributed by atoms with E-state index in [-0.39, 0.29) is 11.5 Å². The van der Waals surface area contributed by atoms with Gasteiger partial charge in [0.2, 0.25) is 5.91 Å². The molecule has 140 valence electrons. The number of rotatable bonds is 5. The van der Waals surface area contributed by atoms with Gasteiger partial charge in [0.25, 0.3) is 5.56 Å². The van der Waals surface area contributed by atoms with Crippen molar-refractivity contribution < 1.29 is 14.3 Å². The molecule has 7 nitrogen and oxygen atoms in total. The van der Waals surface area contributed by atoms with E-state index in [2.05, 4.69) is 15.0 Å². The van der Waals surface area contributed by atoms with E-state index in [1.807, 2.05) is 13.8 Å². The molecular weight excluding hydrogens is 378 g/mol. The van der Waals surface area contributed by atoms with Gasteiger partial charge < -0.3 is 4.74 Å². The zero-order valence-electron chi connectivity index (χ0n) is 14.9. The molecule has 1 N–H and O–H groups in total. The average molecular weight is 398 g/mol. The molecule has 0 saturated heterocycles. The number of aromatic nitrogens is 2. The van der Waals surface area contributed by atoms with Crippen LogP contribution in [0.25, 0.3) is 10.9 Å². The molecule has 0 spiro atoms. The van der Waals surface area contributed by atoms with E-state index in [0.717, 1.165) is 11.8 Å². The number of amides is 2. The number of imide groups is 1. The number of nitrogens with one attached hydrogen (secondary N) is 1.